The number of pyridine rings is 2. The minimum Gasteiger partial charge on any atom is -0.263 e. The Morgan fingerprint density at radius 3 is 1.05 bits per heavy atom. The molecule has 7 aromatic rings. The third-order valence-corrected chi connectivity index (χ3v) is 7.62. The van der Waals surface area contributed by atoms with Crippen LogP contribution in [-0.4, -0.2) is 4.98 Å². The molecule has 2 heteroatoms. The molecule has 5 aromatic carbocycles. The maximum Gasteiger partial charge on any atom is 0.230 e. The van der Waals surface area contributed by atoms with Gasteiger partial charge >= 0.3 is 0 Å². The molecule has 2 heterocycles. The Morgan fingerprint density at radius 2 is 0.667 bits per heavy atom. The van der Waals surface area contributed by atoms with E-state index in [1.807, 2.05) is 12.4 Å². The minimum atomic E-state index is 1.07. The van der Waals surface area contributed by atoms with Crippen LogP contribution in [-0.2, 0) is 0 Å². The second kappa shape index (κ2) is 11.5. The van der Waals surface area contributed by atoms with Crippen molar-refractivity contribution in [3.63, 3.8) is 0 Å². The van der Waals surface area contributed by atoms with Crippen LogP contribution in [0.15, 0.2) is 176 Å². The molecule has 0 aliphatic heterocycles. The third-order valence-electron chi connectivity index (χ3n) is 7.62. The van der Waals surface area contributed by atoms with Gasteiger partial charge < -0.3 is 0 Å². The largest absolute Gasteiger partial charge is 0.263 e. The van der Waals surface area contributed by atoms with Crippen LogP contribution < -0.4 is 4.57 Å². The molecule has 198 valence electrons. The van der Waals surface area contributed by atoms with Crippen molar-refractivity contribution in [1.29, 1.82) is 0 Å². The molecule has 2 aromatic heterocycles. The monoisotopic (exact) mass is 537 g/mol. The first-order valence-electron chi connectivity index (χ1n) is 14.2. The fraction of sp³-hybridized carbons (Fsp3) is 0. The minimum absolute atomic E-state index is 1.07. The summed E-state index contributed by atoms with van der Waals surface area (Å²) < 4.78 is 2.43. The van der Waals surface area contributed by atoms with Gasteiger partial charge in [0.1, 0.15) is 0 Å². The normalized spacial score (nSPS) is 10.9. The van der Waals surface area contributed by atoms with Gasteiger partial charge in [-0.3, -0.25) is 4.98 Å². The Labute approximate surface area is 246 Å². The maximum atomic E-state index is 4.78. The van der Waals surface area contributed by atoms with Gasteiger partial charge in [-0.2, -0.15) is 4.57 Å². The summed E-state index contributed by atoms with van der Waals surface area (Å²) in [5.41, 5.74) is 12.3. The van der Waals surface area contributed by atoms with Crippen LogP contribution >= 0.6 is 0 Å². The summed E-state index contributed by atoms with van der Waals surface area (Å²) in [4.78, 5) is 4.78. The van der Waals surface area contributed by atoms with Crippen molar-refractivity contribution in [2.24, 2.45) is 0 Å². The molecular formula is C40H29N2+. The Morgan fingerprint density at radius 1 is 0.333 bits per heavy atom. The standard InChI is InChI=1S/C40H29N2/c1-6-16-30(17-7-1)35-26-38(33-22-12-4-13-23-33)42(39(27-35)34-24-14-5-15-25-34)40-36(31-18-8-2-9-19-31)28-41-29-37(40)32-20-10-3-11-21-32/h1-29H/q+1. The maximum absolute atomic E-state index is 4.78. The zero-order valence-corrected chi connectivity index (χ0v) is 23.1. The van der Waals surface area contributed by atoms with Crippen molar-refractivity contribution >= 4 is 0 Å². The summed E-state index contributed by atoms with van der Waals surface area (Å²) in [7, 11) is 0. The second-order valence-electron chi connectivity index (χ2n) is 10.3. The zero-order valence-electron chi connectivity index (χ0n) is 23.1. The third kappa shape index (κ3) is 4.91. The average Bonchev–Trinajstić information content (AvgIpc) is 3.09. The van der Waals surface area contributed by atoms with Gasteiger partial charge in [0.25, 0.3) is 0 Å². The molecule has 0 aliphatic carbocycles. The highest BCUT2D eigenvalue weighted by atomic mass is 15.0. The molecule has 0 bridgehead atoms. The molecule has 2 nitrogen and oxygen atoms in total. The van der Waals surface area contributed by atoms with E-state index in [1.165, 1.54) is 11.1 Å². The van der Waals surface area contributed by atoms with Gasteiger partial charge in [0.2, 0.25) is 17.1 Å². The summed E-state index contributed by atoms with van der Waals surface area (Å²) in [5, 5.41) is 0. The first kappa shape index (κ1) is 25.4. The van der Waals surface area contributed by atoms with Gasteiger partial charge in [-0.1, -0.05) is 127 Å². The Kier molecular flexibility index (Phi) is 6.94. The summed E-state index contributed by atoms with van der Waals surface area (Å²) in [6.45, 7) is 0. The molecule has 0 amide bonds. The highest BCUT2D eigenvalue weighted by molar-refractivity contribution is 5.83. The van der Waals surface area contributed by atoms with E-state index in [9.17, 15) is 0 Å². The smallest absolute Gasteiger partial charge is 0.230 e. The Bertz CT molecular complexity index is 1820. The van der Waals surface area contributed by atoms with E-state index < -0.39 is 0 Å². The zero-order chi connectivity index (χ0) is 28.1. The van der Waals surface area contributed by atoms with Crippen LogP contribution in [0.2, 0.25) is 0 Å². The van der Waals surface area contributed by atoms with Crippen molar-refractivity contribution < 1.29 is 4.57 Å². The Balaban J connectivity index is 1.66. The summed E-state index contributed by atoms with van der Waals surface area (Å²) in [6.07, 6.45) is 4.00. The van der Waals surface area contributed by atoms with Gasteiger partial charge in [0.05, 0.1) is 11.1 Å². The summed E-state index contributed by atoms with van der Waals surface area (Å²) in [6, 6.07) is 57.8. The number of aromatic nitrogens is 2. The van der Waals surface area contributed by atoms with E-state index in [1.54, 1.807) is 0 Å². The molecule has 0 saturated heterocycles. The first-order chi connectivity index (χ1) is 20.9. The van der Waals surface area contributed by atoms with Gasteiger partial charge in [-0.05, 0) is 46.5 Å². The van der Waals surface area contributed by atoms with Crippen LogP contribution in [0, 0.1) is 0 Å². The number of rotatable bonds is 6. The predicted octanol–water partition coefficient (Wildman–Crippen LogP) is 9.69. The van der Waals surface area contributed by atoms with Gasteiger partial charge in [0.15, 0.2) is 0 Å². The summed E-state index contributed by atoms with van der Waals surface area (Å²) >= 11 is 0. The van der Waals surface area contributed by atoms with Crippen molar-refractivity contribution in [2.75, 3.05) is 0 Å². The number of hydrogen-bond donors (Lipinski definition) is 0. The molecule has 0 atom stereocenters. The van der Waals surface area contributed by atoms with Crippen LogP contribution in [0.4, 0.5) is 0 Å². The lowest BCUT2D eigenvalue weighted by molar-refractivity contribution is -0.570. The molecule has 0 spiro atoms. The number of nitrogens with zero attached hydrogens (tertiary/aromatic N) is 2. The van der Waals surface area contributed by atoms with Gasteiger partial charge in [0, 0.05) is 35.7 Å². The highest BCUT2D eigenvalue weighted by Gasteiger charge is 2.30. The second-order valence-corrected chi connectivity index (χ2v) is 10.3. The molecule has 0 saturated carbocycles. The molecule has 0 N–H and O–H groups in total. The van der Waals surface area contributed by atoms with E-state index in [2.05, 4.69) is 168 Å². The lowest BCUT2D eigenvalue weighted by atomic mass is 9.94. The topological polar surface area (TPSA) is 16.8 Å². The van der Waals surface area contributed by atoms with E-state index >= 15 is 0 Å². The van der Waals surface area contributed by atoms with Gasteiger partial charge in [-0.15, -0.1) is 0 Å². The fourth-order valence-electron chi connectivity index (χ4n) is 5.63. The fourth-order valence-corrected chi connectivity index (χ4v) is 5.63. The van der Waals surface area contributed by atoms with Crippen molar-refractivity contribution in [1.82, 2.24) is 4.98 Å². The van der Waals surface area contributed by atoms with Crippen LogP contribution in [0.5, 0.6) is 0 Å². The van der Waals surface area contributed by atoms with E-state index in [0.29, 0.717) is 0 Å². The van der Waals surface area contributed by atoms with E-state index in [0.717, 1.165) is 50.5 Å². The quantitative estimate of drug-likeness (QED) is 0.193. The van der Waals surface area contributed by atoms with Crippen LogP contribution in [0.1, 0.15) is 0 Å². The molecule has 7 rings (SSSR count). The van der Waals surface area contributed by atoms with Gasteiger partial charge in [-0.25, -0.2) is 0 Å². The molecule has 0 unspecified atom stereocenters. The van der Waals surface area contributed by atoms with Crippen molar-refractivity contribution in [3.8, 4) is 61.6 Å². The molecule has 42 heavy (non-hydrogen) atoms. The predicted molar refractivity (Wildman–Crippen MR) is 173 cm³/mol. The summed E-state index contributed by atoms with van der Waals surface area (Å²) in [5.74, 6) is 0. The number of benzene rings is 5. The number of hydrogen-bond acceptors (Lipinski definition) is 1. The lowest BCUT2D eigenvalue weighted by Gasteiger charge is -2.17. The highest BCUT2D eigenvalue weighted by Crippen LogP contribution is 2.37. The Hall–Kier alpha value is -5.60. The molecular weight excluding hydrogens is 508 g/mol. The van der Waals surface area contributed by atoms with Crippen LogP contribution in [0.25, 0.3) is 61.6 Å². The van der Waals surface area contributed by atoms with E-state index in [4.69, 9.17) is 4.98 Å². The average molecular weight is 538 g/mol. The lowest BCUT2D eigenvalue weighted by Crippen LogP contribution is -2.38. The molecule has 0 radical (unpaired) electrons. The van der Waals surface area contributed by atoms with E-state index in [-0.39, 0.29) is 0 Å². The first-order valence-corrected chi connectivity index (χ1v) is 14.2. The molecule has 0 aliphatic rings. The van der Waals surface area contributed by atoms with Crippen molar-refractivity contribution in [2.45, 2.75) is 0 Å². The van der Waals surface area contributed by atoms with Crippen LogP contribution in [0.3, 0.4) is 0 Å². The SMILES string of the molecule is c1ccc(-c2cc(-c3ccccc3)[n+](-c3c(-c4ccccc4)cncc3-c3ccccc3)c(-c3ccccc3)c2)cc1. The molecule has 0 fully saturated rings. The van der Waals surface area contributed by atoms with Crippen molar-refractivity contribution in [3.05, 3.63) is 176 Å².